The van der Waals surface area contributed by atoms with Gasteiger partial charge in [-0.2, -0.15) is 0 Å². The zero-order valence-corrected chi connectivity index (χ0v) is 37.9. The Labute approximate surface area is 385 Å². The lowest BCUT2D eigenvalue weighted by molar-refractivity contribution is -0.387. The summed E-state index contributed by atoms with van der Waals surface area (Å²) in [5, 5.41) is 11.8. The maximum atomic E-state index is 13.0. The molecule has 3 fully saturated rings. The minimum absolute atomic E-state index is 0.585. The fourth-order valence-corrected chi connectivity index (χ4v) is 7.09. The number of nitrogens with zero attached hydrogens (tertiary/aromatic N) is 2. The second kappa shape index (κ2) is 24.4. The van der Waals surface area contributed by atoms with Gasteiger partial charge in [-0.3, -0.25) is 53.3 Å². The maximum absolute atomic E-state index is 13.0. The zero-order valence-electron chi connectivity index (χ0n) is 37.9. The normalized spacial score (nSPS) is 29.9. The molecule has 0 saturated carbocycles. The van der Waals surface area contributed by atoms with E-state index in [4.69, 9.17) is 71.1 Å². The van der Waals surface area contributed by atoms with Gasteiger partial charge in [0.25, 0.3) is 5.88 Å². The van der Waals surface area contributed by atoms with Gasteiger partial charge < -0.3 is 71.1 Å². The molecule has 0 amide bonds. The van der Waals surface area contributed by atoms with Crippen LogP contribution in [-0.4, -0.2) is 169 Å². The first-order valence-electron chi connectivity index (χ1n) is 20.4. The third-order valence-corrected chi connectivity index (χ3v) is 9.36. The van der Waals surface area contributed by atoms with Gasteiger partial charge in [0.15, 0.2) is 49.2 Å². The van der Waals surface area contributed by atoms with Crippen LogP contribution in [0.1, 0.15) is 62.3 Å². The van der Waals surface area contributed by atoms with Crippen molar-refractivity contribution in [2.75, 3.05) is 19.8 Å². The number of hydrogen-bond acceptors (Lipinski definition) is 27. The van der Waals surface area contributed by atoms with Crippen molar-refractivity contribution in [2.24, 2.45) is 0 Å². The van der Waals surface area contributed by atoms with Gasteiger partial charge in [-0.05, 0) is 6.07 Å². The number of carbonyl (C=O) groups is 9. The molecule has 28 nitrogen and oxygen atoms in total. The Morgan fingerprint density at radius 1 is 0.544 bits per heavy atom. The molecule has 4 rings (SSSR count). The van der Waals surface area contributed by atoms with E-state index in [1.165, 1.54) is 6.07 Å². The van der Waals surface area contributed by atoms with Crippen LogP contribution in [0.4, 0.5) is 5.69 Å². The SMILES string of the molecule is CC(=O)OC[C@H]1O[C@@H](O[C@H]2[C@@H](OC(C)=O)[C@@H](COC(C)=O)O[C@@H](O[C@@H]3CO[C@@H](Oc4ncccc4[N+](=O)[O-])[C@H](OC(C)=O)[C@H]3OC(C)=O)[C@@H]2OC(C)=O)[C@H](OC(C)=O)[C@@H](OC(C)=O)[C@H]1OC(C)=O. The van der Waals surface area contributed by atoms with E-state index in [2.05, 4.69) is 4.98 Å². The molecule has 1 aromatic heterocycles. The molecule has 3 aliphatic heterocycles. The molecular weight excluding hydrogens is 924 g/mol. The largest absolute Gasteiger partial charge is 0.463 e. The van der Waals surface area contributed by atoms with Crippen molar-refractivity contribution < 1.29 is 119 Å². The minimum Gasteiger partial charge on any atom is -0.463 e. The molecule has 0 radical (unpaired) electrons. The van der Waals surface area contributed by atoms with Crippen LogP contribution in [0, 0.1) is 10.1 Å². The minimum atomic E-state index is -2.03. The highest BCUT2D eigenvalue weighted by Gasteiger charge is 2.59. The average molecular weight is 975 g/mol. The van der Waals surface area contributed by atoms with Crippen LogP contribution in [0.2, 0.25) is 0 Å². The second-order valence-corrected chi connectivity index (χ2v) is 14.9. The molecule has 3 saturated heterocycles. The topological polar surface area (TPSA) is 348 Å². The van der Waals surface area contributed by atoms with Gasteiger partial charge in [-0.15, -0.1) is 0 Å². The lowest BCUT2D eigenvalue weighted by atomic mass is 9.95. The van der Waals surface area contributed by atoms with Crippen molar-refractivity contribution >= 4 is 59.4 Å². The van der Waals surface area contributed by atoms with Crippen molar-refractivity contribution in [3.63, 3.8) is 0 Å². The second-order valence-electron chi connectivity index (χ2n) is 14.9. The Kier molecular flexibility index (Phi) is 19.4. The van der Waals surface area contributed by atoms with E-state index in [0.717, 1.165) is 74.6 Å². The predicted molar refractivity (Wildman–Crippen MR) is 210 cm³/mol. The van der Waals surface area contributed by atoms with E-state index in [1.807, 2.05) is 0 Å². The highest BCUT2D eigenvalue weighted by molar-refractivity contribution is 5.70. The summed E-state index contributed by atoms with van der Waals surface area (Å²) in [7, 11) is 0. The molecule has 14 atom stereocenters. The fraction of sp³-hybridized carbons (Fsp3) is 0.650. The number of esters is 9. The van der Waals surface area contributed by atoms with Gasteiger partial charge in [-0.25, -0.2) is 4.98 Å². The third-order valence-electron chi connectivity index (χ3n) is 9.36. The first kappa shape index (κ1) is 54.0. The van der Waals surface area contributed by atoms with Crippen molar-refractivity contribution in [3.8, 4) is 5.88 Å². The summed E-state index contributed by atoms with van der Waals surface area (Å²) in [6.07, 6.45) is -24.0. The van der Waals surface area contributed by atoms with E-state index in [-0.39, 0.29) is 0 Å². The van der Waals surface area contributed by atoms with E-state index in [9.17, 15) is 53.3 Å². The first-order valence-corrected chi connectivity index (χ1v) is 20.4. The van der Waals surface area contributed by atoms with Gasteiger partial charge in [0.05, 0.1) is 11.5 Å². The van der Waals surface area contributed by atoms with Crippen LogP contribution in [0.3, 0.4) is 0 Å². The van der Waals surface area contributed by atoms with Gasteiger partial charge in [0.1, 0.15) is 37.6 Å². The molecular formula is C40H50N2O26. The van der Waals surface area contributed by atoms with Crippen molar-refractivity contribution in [1.29, 1.82) is 0 Å². The van der Waals surface area contributed by atoms with Crippen LogP contribution in [-0.2, 0) is 109 Å². The van der Waals surface area contributed by atoms with Gasteiger partial charge in [-0.1, -0.05) is 0 Å². The molecule has 68 heavy (non-hydrogen) atoms. The molecule has 0 spiro atoms. The lowest BCUT2D eigenvalue weighted by Gasteiger charge is -2.49. The van der Waals surface area contributed by atoms with Crippen LogP contribution in [0.5, 0.6) is 5.88 Å². The number of rotatable bonds is 18. The van der Waals surface area contributed by atoms with E-state index in [0.29, 0.717) is 0 Å². The Morgan fingerprint density at radius 3 is 1.40 bits per heavy atom. The Balaban J connectivity index is 1.88. The van der Waals surface area contributed by atoms with Crippen LogP contribution >= 0.6 is 0 Å². The fourth-order valence-electron chi connectivity index (χ4n) is 7.09. The van der Waals surface area contributed by atoms with E-state index in [1.54, 1.807) is 0 Å². The number of pyridine rings is 1. The molecule has 0 bridgehead atoms. The maximum Gasteiger partial charge on any atom is 0.331 e. The highest BCUT2D eigenvalue weighted by atomic mass is 16.8. The molecule has 376 valence electrons. The summed E-state index contributed by atoms with van der Waals surface area (Å²) in [4.78, 5) is 128. The van der Waals surface area contributed by atoms with Crippen LogP contribution in [0.25, 0.3) is 0 Å². The summed E-state index contributed by atoms with van der Waals surface area (Å²) in [5.74, 6) is -9.33. The van der Waals surface area contributed by atoms with Crippen molar-refractivity contribution in [1.82, 2.24) is 4.98 Å². The van der Waals surface area contributed by atoms with Crippen molar-refractivity contribution in [3.05, 3.63) is 28.4 Å². The quantitative estimate of drug-likeness (QED) is 0.0781. The Morgan fingerprint density at radius 2 is 0.941 bits per heavy atom. The average Bonchev–Trinajstić information content (AvgIpc) is 3.21. The van der Waals surface area contributed by atoms with E-state index >= 15 is 0 Å². The number of aromatic nitrogens is 1. The molecule has 0 aromatic carbocycles. The Hall–Kier alpha value is -6.62. The highest BCUT2D eigenvalue weighted by Crippen LogP contribution is 2.38. The Bertz CT molecular complexity index is 2050. The molecule has 0 N–H and O–H groups in total. The number of ether oxygens (including phenoxy) is 15. The lowest BCUT2D eigenvalue weighted by Crippen LogP contribution is -2.68. The number of hydrogen-bond donors (Lipinski definition) is 0. The standard InChI is InChI=1S/C40H50N2O26/c1-16(43)54-13-26-29(57-18(3)45)32(60-21(6)48)35(62-23(8)50)40(66-26)67-33-30(58-19(4)46)27(14-55-17(2)44)64-39(36(33)63-24(9)51)65-28-15-56-38(34(61-22(7)49)31(28)59-20(5)47)68-37-25(42(52)53)11-10-12-41-37/h10-12,26-36,38-40H,13-15H2,1-9H3/t26-,27-,28-,29+,30+,31+,32+,33+,34-,35-,36-,38+,39+,40+/m1/s1. The third kappa shape index (κ3) is 15.2. The molecule has 4 heterocycles. The van der Waals surface area contributed by atoms with Crippen LogP contribution < -0.4 is 4.74 Å². The van der Waals surface area contributed by atoms with Crippen LogP contribution in [0.15, 0.2) is 18.3 Å². The summed E-state index contributed by atoms with van der Waals surface area (Å²) < 4.78 is 85.7. The number of nitro groups is 1. The molecule has 0 unspecified atom stereocenters. The van der Waals surface area contributed by atoms with Gasteiger partial charge in [0.2, 0.25) is 12.4 Å². The summed E-state index contributed by atoms with van der Waals surface area (Å²) >= 11 is 0. The first-order chi connectivity index (χ1) is 31.9. The van der Waals surface area contributed by atoms with E-state index < -0.39 is 176 Å². The molecule has 0 aliphatic carbocycles. The number of carbonyl (C=O) groups excluding carboxylic acids is 9. The summed E-state index contributed by atoms with van der Waals surface area (Å²) in [6, 6.07) is 2.31. The van der Waals surface area contributed by atoms with Gasteiger partial charge >= 0.3 is 59.4 Å². The monoisotopic (exact) mass is 974 g/mol. The summed E-state index contributed by atoms with van der Waals surface area (Å²) in [6.45, 7) is 6.71. The van der Waals surface area contributed by atoms with Crippen molar-refractivity contribution in [2.45, 2.75) is 148 Å². The molecule has 3 aliphatic rings. The molecule has 1 aromatic rings. The zero-order chi connectivity index (χ0) is 50.6. The predicted octanol–water partition coefficient (Wildman–Crippen LogP) is -0.407. The smallest absolute Gasteiger partial charge is 0.331 e. The molecule has 28 heteroatoms. The summed E-state index contributed by atoms with van der Waals surface area (Å²) in [5.41, 5.74) is -0.622. The van der Waals surface area contributed by atoms with Gasteiger partial charge in [0, 0.05) is 74.6 Å².